The zero-order valence-corrected chi connectivity index (χ0v) is 17.9. The van der Waals surface area contributed by atoms with Crippen molar-refractivity contribution < 1.29 is 19.1 Å². The van der Waals surface area contributed by atoms with E-state index < -0.39 is 6.04 Å². The SMILES string of the molecule is CCNC(=O)C(C)N(Cc1ccccc1C)C(=O)CCc1ccc2c(c1)OCCO2. The minimum atomic E-state index is -0.544. The van der Waals surface area contributed by atoms with Gasteiger partial charge in [-0.25, -0.2) is 0 Å². The fraction of sp³-hybridized carbons (Fsp3) is 0.417. The fourth-order valence-corrected chi connectivity index (χ4v) is 3.51. The van der Waals surface area contributed by atoms with Gasteiger partial charge in [-0.1, -0.05) is 30.3 Å². The number of hydrogen-bond donors (Lipinski definition) is 1. The topological polar surface area (TPSA) is 67.9 Å². The predicted molar refractivity (Wildman–Crippen MR) is 116 cm³/mol. The molecule has 0 radical (unpaired) electrons. The molecule has 0 saturated carbocycles. The van der Waals surface area contributed by atoms with Crippen LogP contribution in [0, 0.1) is 6.92 Å². The van der Waals surface area contributed by atoms with E-state index >= 15 is 0 Å². The van der Waals surface area contributed by atoms with E-state index in [1.165, 1.54) is 0 Å². The van der Waals surface area contributed by atoms with Gasteiger partial charge < -0.3 is 19.7 Å². The normalized spacial score (nSPS) is 13.4. The summed E-state index contributed by atoms with van der Waals surface area (Å²) >= 11 is 0. The maximum absolute atomic E-state index is 13.2. The first kappa shape index (κ1) is 21.7. The predicted octanol–water partition coefficient (Wildman–Crippen LogP) is 3.25. The lowest BCUT2D eigenvalue weighted by atomic mass is 10.0. The van der Waals surface area contributed by atoms with Crippen molar-refractivity contribution in [3.8, 4) is 11.5 Å². The molecule has 0 spiro atoms. The second-order valence-corrected chi connectivity index (χ2v) is 7.50. The van der Waals surface area contributed by atoms with E-state index in [0.29, 0.717) is 39.1 Å². The fourth-order valence-electron chi connectivity index (χ4n) is 3.51. The smallest absolute Gasteiger partial charge is 0.242 e. The summed E-state index contributed by atoms with van der Waals surface area (Å²) in [6, 6.07) is 13.2. The van der Waals surface area contributed by atoms with E-state index in [4.69, 9.17) is 9.47 Å². The highest BCUT2D eigenvalue weighted by Crippen LogP contribution is 2.31. The Hall–Kier alpha value is -3.02. The molecule has 0 saturated heterocycles. The van der Waals surface area contributed by atoms with Gasteiger partial charge >= 0.3 is 0 Å². The quantitative estimate of drug-likeness (QED) is 0.725. The lowest BCUT2D eigenvalue weighted by Gasteiger charge is -2.29. The Bertz CT molecular complexity index is 897. The monoisotopic (exact) mass is 410 g/mol. The van der Waals surface area contributed by atoms with Crippen LogP contribution in [0.5, 0.6) is 11.5 Å². The molecule has 6 heteroatoms. The molecule has 6 nitrogen and oxygen atoms in total. The molecule has 0 bridgehead atoms. The Kier molecular flexibility index (Phi) is 7.33. The van der Waals surface area contributed by atoms with E-state index in [2.05, 4.69) is 5.32 Å². The molecule has 1 unspecified atom stereocenters. The number of rotatable bonds is 8. The molecule has 1 atom stereocenters. The lowest BCUT2D eigenvalue weighted by Crippen LogP contribution is -2.47. The molecule has 1 heterocycles. The van der Waals surface area contributed by atoms with Crippen molar-refractivity contribution in [3.05, 3.63) is 59.2 Å². The molecule has 2 amide bonds. The summed E-state index contributed by atoms with van der Waals surface area (Å²) in [7, 11) is 0. The van der Waals surface area contributed by atoms with Crippen LogP contribution >= 0.6 is 0 Å². The summed E-state index contributed by atoms with van der Waals surface area (Å²) in [5.41, 5.74) is 3.15. The van der Waals surface area contributed by atoms with Crippen molar-refractivity contribution >= 4 is 11.8 Å². The average Bonchev–Trinajstić information content (AvgIpc) is 2.76. The first-order valence-corrected chi connectivity index (χ1v) is 10.5. The molecule has 160 valence electrons. The first-order valence-electron chi connectivity index (χ1n) is 10.5. The standard InChI is InChI=1S/C24H30N2O4/c1-4-25-24(28)18(3)26(16-20-8-6-5-7-17(20)2)23(27)12-10-19-9-11-21-22(15-19)30-14-13-29-21/h5-9,11,15,18H,4,10,12-14,16H2,1-3H3,(H,25,28). The highest BCUT2D eigenvalue weighted by molar-refractivity contribution is 5.87. The molecule has 0 aliphatic carbocycles. The zero-order chi connectivity index (χ0) is 21.5. The van der Waals surface area contributed by atoms with Gasteiger partial charge in [-0.2, -0.15) is 0 Å². The van der Waals surface area contributed by atoms with Gasteiger partial charge in [0.15, 0.2) is 11.5 Å². The Morgan fingerprint density at radius 1 is 1.10 bits per heavy atom. The number of benzene rings is 2. The van der Waals surface area contributed by atoms with Gasteiger partial charge in [-0.3, -0.25) is 9.59 Å². The number of ether oxygens (including phenoxy) is 2. The molecular weight excluding hydrogens is 380 g/mol. The van der Waals surface area contributed by atoms with Crippen LogP contribution in [0.15, 0.2) is 42.5 Å². The van der Waals surface area contributed by atoms with Gasteiger partial charge in [-0.05, 0) is 56.0 Å². The van der Waals surface area contributed by atoms with Crippen LogP contribution in [0.1, 0.15) is 37.0 Å². The lowest BCUT2D eigenvalue weighted by molar-refractivity contribution is -0.140. The summed E-state index contributed by atoms with van der Waals surface area (Å²) in [6.45, 7) is 7.70. The van der Waals surface area contributed by atoms with Crippen LogP contribution in [0.3, 0.4) is 0 Å². The molecule has 1 aliphatic heterocycles. The van der Waals surface area contributed by atoms with Crippen LogP contribution in [0.4, 0.5) is 0 Å². The maximum Gasteiger partial charge on any atom is 0.242 e. The molecule has 0 aromatic heterocycles. The molecule has 0 fully saturated rings. The third-order valence-corrected chi connectivity index (χ3v) is 5.35. The van der Waals surface area contributed by atoms with Crippen molar-refractivity contribution in [3.63, 3.8) is 0 Å². The van der Waals surface area contributed by atoms with Crippen LogP contribution < -0.4 is 14.8 Å². The Morgan fingerprint density at radius 3 is 2.57 bits per heavy atom. The van der Waals surface area contributed by atoms with E-state index in [9.17, 15) is 9.59 Å². The van der Waals surface area contributed by atoms with Gasteiger partial charge in [0.25, 0.3) is 0 Å². The largest absolute Gasteiger partial charge is 0.486 e. The Morgan fingerprint density at radius 2 is 1.83 bits per heavy atom. The summed E-state index contributed by atoms with van der Waals surface area (Å²) in [6.07, 6.45) is 0.886. The number of amides is 2. The molecule has 30 heavy (non-hydrogen) atoms. The van der Waals surface area contributed by atoms with Crippen molar-refractivity contribution in [2.45, 2.75) is 46.2 Å². The van der Waals surface area contributed by atoms with E-state index in [0.717, 1.165) is 28.2 Å². The van der Waals surface area contributed by atoms with Gasteiger partial charge in [0, 0.05) is 19.5 Å². The summed E-state index contributed by atoms with van der Waals surface area (Å²) in [5.74, 6) is 1.27. The highest BCUT2D eigenvalue weighted by Gasteiger charge is 2.26. The third-order valence-electron chi connectivity index (χ3n) is 5.35. The van der Waals surface area contributed by atoms with Gasteiger partial charge in [0.1, 0.15) is 19.3 Å². The minimum Gasteiger partial charge on any atom is -0.486 e. The number of likely N-dealkylation sites (N-methyl/N-ethyl adjacent to an activating group) is 1. The van der Waals surface area contributed by atoms with Crippen LogP contribution in [0.25, 0.3) is 0 Å². The number of nitrogens with zero attached hydrogens (tertiary/aromatic N) is 1. The molecular formula is C24H30N2O4. The summed E-state index contributed by atoms with van der Waals surface area (Å²) < 4.78 is 11.2. The third kappa shape index (κ3) is 5.32. The number of hydrogen-bond acceptors (Lipinski definition) is 4. The van der Waals surface area contributed by atoms with Crippen LogP contribution in [-0.2, 0) is 22.6 Å². The molecule has 2 aromatic carbocycles. The highest BCUT2D eigenvalue weighted by atomic mass is 16.6. The van der Waals surface area contributed by atoms with E-state index in [-0.39, 0.29) is 11.8 Å². The average molecular weight is 411 g/mol. The van der Waals surface area contributed by atoms with Crippen LogP contribution in [0.2, 0.25) is 0 Å². The first-order chi connectivity index (χ1) is 14.5. The summed E-state index contributed by atoms with van der Waals surface area (Å²) in [4.78, 5) is 27.3. The number of aryl methyl sites for hydroxylation is 2. The van der Waals surface area contributed by atoms with E-state index in [1.54, 1.807) is 11.8 Å². The van der Waals surface area contributed by atoms with Gasteiger partial charge in [0.05, 0.1) is 0 Å². The summed E-state index contributed by atoms with van der Waals surface area (Å²) in [5, 5.41) is 2.83. The van der Waals surface area contributed by atoms with Crippen molar-refractivity contribution in [2.75, 3.05) is 19.8 Å². The number of carbonyl (C=O) groups excluding carboxylic acids is 2. The van der Waals surface area contributed by atoms with Crippen LogP contribution in [-0.4, -0.2) is 42.5 Å². The van der Waals surface area contributed by atoms with E-state index in [1.807, 2.05) is 56.3 Å². The number of carbonyl (C=O) groups is 2. The molecule has 3 rings (SSSR count). The second-order valence-electron chi connectivity index (χ2n) is 7.50. The second kappa shape index (κ2) is 10.1. The molecule has 2 aromatic rings. The molecule has 1 aliphatic rings. The Labute approximate surface area is 178 Å². The van der Waals surface area contributed by atoms with Gasteiger partial charge in [-0.15, -0.1) is 0 Å². The Balaban J connectivity index is 1.72. The zero-order valence-electron chi connectivity index (χ0n) is 17.9. The molecule has 1 N–H and O–H groups in total. The van der Waals surface area contributed by atoms with Crippen molar-refractivity contribution in [1.82, 2.24) is 10.2 Å². The van der Waals surface area contributed by atoms with Gasteiger partial charge in [0.2, 0.25) is 11.8 Å². The number of nitrogens with one attached hydrogen (secondary N) is 1. The number of fused-ring (bicyclic) bond motifs is 1. The maximum atomic E-state index is 13.2. The minimum absolute atomic E-state index is 0.0492. The van der Waals surface area contributed by atoms with Crippen molar-refractivity contribution in [2.24, 2.45) is 0 Å². The van der Waals surface area contributed by atoms with Crippen molar-refractivity contribution in [1.29, 1.82) is 0 Å².